The van der Waals surface area contributed by atoms with E-state index in [-0.39, 0.29) is 11.6 Å². The van der Waals surface area contributed by atoms with Crippen LogP contribution in [0.3, 0.4) is 0 Å². The molecular weight excluding hydrogens is 183 g/mol. The Morgan fingerprint density at radius 2 is 2.00 bits per heavy atom. The fourth-order valence-electron chi connectivity index (χ4n) is 0.990. The van der Waals surface area contributed by atoms with Gasteiger partial charge < -0.3 is 4.74 Å². The fourth-order valence-corrected chi connectivity index (χ4v) is 0.990. The minimum absolute atomic E-state index is 0.173. The van der Waals surface area contributed by atoms with Crippen molar-refractivity contribution >= 4 is 5.78 Å². The summed E-state index contributed by atoms with van der Waals surface area (Å²) in [7, 11) is 0. The van der Waals surface area contributed by atoms with Crippen LogP contribution in [0, 0.1) is 5.82 Å². The fraction of sp³-hybridized carbons (Fsp3) is 0.364. The molecule has 0 aliphatic heterocycles. The maximum Gasteiger partial charge on any atom is 0.136 e. The third-order valence-electron chi connectivity index (χ3n) is 1.86. The molecule has 0 amide bonds. The minimum atomic E-state index is -0.290. The van der Waals surface area contributed by atoms with Crippen molar-refractivity contribution < 1.29 is 13.9 Å². The van der Waals surface area contributed by atoms with Gasteiger partial charge in [0.2, 0.25) is 0 Å². The van der Waals surface area contributed by atoms with Crippen LogP contribution in [-0.4, -0.2) is 12.4 Å². The lowest BCUT2D eigenvalue weighted by molar-refractivity contribution is -0.119. The van der Waals surface area contributed by atoms with E-state index in [1.807, 2.05) is 6.92 Å². The molecule has 1 aromatic carbocycles. The third-order valence-corrected chi connectivity index (χ3v) is 1.86. The number of ether oxygens (including phenoxy) is 1. The maximum absolute atomic E-state index is 12.5. The monoisotopic (exact) mass is 196 g/mol. The lowest BCUT2D eigenvalue weighted by Gasteiger charge is -2.04. The van der Waals surface area contributed by atoms with Crippen LogP contribution in [0.25, 0.3) is 0 Å². The molecule has 0 fully saturated rings. The molecule has 0 saturated carbocycles. The summed E-state index contributed by atoms with van der Waals surface area (Å²) in [5, 5.41) is 0. The summed E-state index contributed by atoms with van der Waals surface area (Å²) in [6.07, 6.45) is 0.945. The van der Waals surface area contributed by atoms with Crippen molar-refractivity contribution in [2.45, 2.75) is 19.8 Å². The number of carbonyl (C=O) groups excluding carboxylic acids is 1. The molecule has 0 bridgehead atoms. The number of Topliss-reactive ketones (excluding diaryl/α,β-unsaturated/α-hetero) is 1. The van der Waals surface area contributed by atoms with Crippen molar-refractivity contribution in [3.63, 3.8) is 0 Å². The van der Waals surface area contributed by atoms with E-state index in [0.717, 1.165) is 0 Å². The smallest absolute Gasteiger partial charge is 0.136 e. The lowest BCUT2D eigenvalue weighted by Crippen LogP contribution is -2.04. The van der Waals surface area contributed by atoms with E-state index in [0.29, 0.717) is 25.2 Å². The summed E-state index contributed by atoms with van der Waals surface area (Å²) in [6, 6.07) is 5.76. The first-order chi connectivity index (χ1) is 6.72. The van der Waals surface area contributed by atoms with E-state index in [1.54, 1.807) is 12.1 Å². The maximum atomic E-state index is 12.5. The van der Waals surface area contributed by atoms with Crippen LogP contribution in [0.1, 0.15) is 19.8 Å². The molecular formula is C11H13FO2. The van der Waals surface area contributed by atoms with E-state index in [4.69, 9.17) is 4.74 Å². The van der Waals surface area contributed by atoms with Gasteiger partial charge in [0.25, 0.3) is 0 Å². The number of hydrogen-bond donors (Lipinski definition) is 0. The highest BCUT2D eigenvalue weighted by molar-refractivity contribution is 5.78. The van der Waals surface area contributed by atoms with Crippen LogP contribution in [0.5, 0.6) is 5.75 Å². The quantitative estimate of drug-likeness (QED) is 0.723. The average Bonchev–Trinajstić information content (AvgIpc) is 2.21. The molecule has 0 unspecified atom stereocenters. The number of halogens is 1. The molecule has 0 radical (unpaired) electrons. The van der Waals surface area contributed by atoms with Gasteiger partial charge in [0.05, 0.1) is 6.61 Å². The third kappa shape index (κ3) is 3.56. The van der Waals surface area contributed by atoms with Crippen LogP contribution >= 0.6 is 0 Å². The molecule has 0 N–H and O–H groups in total. The summed E-state index contributed by atoms with van der Waals surface area (Å²) in [5.74, 6) is 0.476. The van der Waals surface area contributed by atoms with Gasteiger partial charge in [-0.2, -0.15) is 0 Å². The molecule has 0 aliphatic rings. The highest BCUT2D eigenvalue weighted by Crippen LogP contribution is 2.11. The van der Waals surface area contributed by atoms with E-state index in [1.165, 1.54) is 12.1 Å². The molecule has 14 heavy (non-hydrogen) atoms. The second kappa shape index (κ2) is 5.37. The van der Waals surface area contributed by atoms with Crippen molar-refractivity contribution in [1.82, 2.24) is 0 Å². The molecule has 0 aliphatic carbocycles. The zero-order chi connectivity index (χ0) is 10.4. The lowest BCUT2D eigenvalue weighted by atomic mass is 10.2. The molecule has 2 nitrogen and oxygen atoms in total. The van der Waals surface area contributed by atoms with E-state index in [2.05, 4.69) is 0 Å². The number of carbonyl (C=O) groups is 1. The first-order valence-electron chi connectivity index (χ1n) is 4.62. The average molecular weight is 196 g/mol. The van der Waals surface area contributed by atoms with Crippen molar-refractivity contribution in [2.24, 2.45) is 0 Å². The van der Waals surface area contributed by atoms with Gasteiger partial charge in [0.15, 0.2) is 0 Å². The standard InChI is InChI=1S/C11H13FO2/c1-2-10(13)7-8-14-11-5-3-9(12)4-6-11/h3-6H,2,7-8H2,1H3. The first kappa shape index (κ1) is 10.7. The van der Waals surface area contributed by atoms with Crippen molar-refractivity contribution in [3.8, 4) is 5.75 Å². The summed E-state index contributed by atoms with van der Waals surface area (Å²) in [4.78, 5) is 10.9. The second-order valence-corrected chi connectivity index (χ2v) is 2.94. The second-order valence-electron chi connectivity index (χ2n) is 2.94. The van der Waals surface area contributed by atoms with E-state index < -0.39 is 0 Å². The highest BCUT2D eigenvalue weighted by Gasteiger charge is 1.99. The SMILES string of the molecule is CCC(=O)CCOc1ccc(F)cc1. The van der Waals surface area contributed by atoms with Crippen LogP contribution in [0.4, 0.5) is 4.39 Å². The normalized spacial score (nSPS) is 9.86. The topological polar surface area (TPSA) is 26.3 Å². The zero-order valence-electron chi connectivity index (χ0n) is 8.13. The van der Waals surface area contributed by atoms with E-state index >= 15 is 0 Å². The Morgan fingerprint density at radius 1 is 1.36 bits per heavy atom. The van der Waals surface area contributed by atoms with Crippen LogP contribution < -0.4 is 4.74 Å². The summed E-state index contributed by atoms with van der Waals surface area (Å²) < 4.78 is 17.7. The minimum Gasteiger partial charge on any atom is -0.493 e. The van der Waals surface area contributed by atoms with Gasteiger partial charge in [0.1, 0.15) is 17.3 Å². The predicted octanol–water partition coefficient (Wildman–Crippen LogP) is 2.57. The van der Waals surface area contributed by atoms with Gasteiger partial charge in [-0.05, 0) is 24.3 Å². The molecule has 1 rings (SSSR count). The zero-order valence-corrected chi connectivity index (χ0v) is 8.13. The Balaban J connectivity index is 2.31. The molecule has 0 atom stereocenters. The van der Waals surface area contributed by atoms with Crippen molar-refractivity contribution in [2.75, 3.05) is 6.61 Å². The van der Waals surface area contributed by atoms with Crippen molar-refractivity contribution in [3.05, 3.63) is 30.1 Å². The van der Waals surface area contributed by atoms with Gasteiger partial charge in [0, 0.05) is 12.8 Å². The van der Waals surface area contributed by atoms with Gasteiger partial charge >= 0.3 is 0 Å². The predicted molar refractivity (Wildman–Crippen MR) is 51.8 cm³/mol. The Labute approximate surface area is 82.7 Å². The number of rotatable bonds is 5. The molecule has 3 heteroatoms. The molecule has 0 saturated heterocycles. The summed E-state index contributed by atoms with van der Waals surface area (Å²) in [6.45, 7) is 2.18. The molecule has 0 spiro atoms. The number of ketones is 1. The van der Waals surface area contributed by atoms with Crippen molar-refractivity contribution in [1.29, 1.82) is 0 Å². The van der Waals surface area contributed by atoms with Gasteiger partial charge in [-0.3, -0.25) is 4.79 Å². The highest BCUT2D eigenvalue weighted by atomic mass is 19.1. The molecule has 76 valence electrons. The Bertz CT molecular complexity index is 293. The Kier molecular flexibility index (Phi) is 4.11. The molecule has 0 aromatic heterocycles. The van der Waals surface area contributed by atoms with Gasteiger partial charge in [-0.25, -0.2) is 4.39 Å². The van der Waals surface area contributed by atoms with Crippen LogP contribution in [0.2, 0.25) is 0 Å². The summed E-state index contributed by atoms with van der Waals surface area (Å²) in [5.41, 5.74) is 0. The largest absolute Gasteiger partial charge is 0.493 e. The number of benzene rings is 1. The van der Waals surface area contributed by atoms with Crippen LogP contribution in [-0.2, 0) is 4.79 Å². The molecule has 0 heterocycles. The van der Waals surface area contributed by atoms with Gasteiger partial charge in [-0.15, -0.1) is 0 Å². The molecule has 1 aromatic rings. The number of hydrogen-bond acceptors (Lipinski definition) is 2. The van der Waals surface area contributed by atoms with Crippen LogP contribution in [0.15, 0.2) is 24.3 Å². The Hall–Kier alpha value is -1.38. The Morgan fingerprint density at radius 3 is 2.57 bits per heavy atom. The first-order valence-corrected chi connectivity index (χ1v) is 4.62. The van der Waals surface area contributed by atoms with Gasteiger partial charge in [-0.1, -0.05) is 6.92 Å². The van der Waals surface area contributed by atoms with E-state index in [9.17, 15) is 9.18 Å². The summed E-state index contributed by atoms with van der Waals surface area (Å²) >= 11 is 0.